The summed E-state index contributed by atoms with van der Waals surface area (Å²) in [6.45, 7) is 2.79. The number of halogens is 1. The van der Waals surface area contributed by atoms with Gasteiger partial charge >= 0.3 is 5.97 Å². The van der Waals surface area contributed by atoms with Gasteiger partial charge in [-0.15, -0.1) is 0 Å². The van der Waals surface area contributed by atoms with E-state index in [2.05, 4.69) is 4.90 Å². The molecule has 4 heteroatoms. The van der Waals surface area contributed by atoms with E-state index in [4.69, 9.17) is 5.11 Å². The SMILES string of the molecule is O=C(O)c1ccc(CN2CCCCCC2)cc1F. The van der Waals surface area contributed by atoms with Gasteiger partial charge in [-0.1, -0.05) is 18.9 Å². The maximum absolute atomic E-state index is 13.5. The first kappa shape index (κ1) is 13.0. The minimum atomic E-state index is -1.21. The Kier molecular flexibility index (Phi) is 4.31. The quantitative estimate of drug-likeness (QED) is 0.898. The summed E-state index contributed by atoms with van der Waals surface area (Å²) in [6, 6.07) is 4.40. The van der Waals surface area contributed by atoms with Crippen LogP contribution >= 0.6 is 0 Å². The second-order valence-electron chi connectivity index (χ2n) is 4.81. The predicted molar refractivity (Wildman–Crippen MR) is 67.1 cm³/mol. The Hall–Kier alpha value is -1.42. The number of carboxylic acids is 1. The second-order valence-corrected chi connectivity index (χ2v) is 4.81. The molecule has 1 fully saturated rings. The van der Waals surface area contributed by atoms with Gasteiger partial charge in [-0.05, 0) is 43.6 Å². The number of carbonyl (C=O) groups is 1. The lowest BCUT2D eigenvalue weighted by Gasteiger charge is -2.19. The van der Waals surface area contributed by atoms with Crippen molar-refractivity contribution in [2.45, 2.75) is 32.2 Å². The Balaban J connectivity index is 2.05. The van der Waals surface area contributed by atoms with Crippen LogP contribution < -0.4 is 0 Å². The van der Waals surface area contributed by atoms with Crippen molar-refractivity contribution in [3.05, 3.63) is 35.1 Å². The Bertz CT molecular complexity index is 426. The van der Waals surface area contributed by atoms with Crippen molar-refractivity contribution < 1.29 is 14.3 Å². The van der Waals surface area contributed by atoms with Crippen LogP contribution in [-0.4, -0.2) is 29.1 Å². The van der Waals surface area contributed by atoms with Crippen molar-refractivity contribution in [2.24, 2.45) is 0 Å². The van der Waals surface area contributed by atoms with E-state index < -0.39 is 11.8 Å². The molecule has 1 aliphatic rings. The highest BCUT2D eigenvalue weighted by Gasteiger charge is 2.13. The highest BCUT2D eigenvalue weighted by molar-refractivity contribution is 5.87. The molecule has 1 aliphatic heterocycles. The van der Waals surface area contributed by atoms with Crippen molar-refractivity contribution >= 4 is 5.97 Å². The van der Waals surface area contributed by atoms with Crippen molar-refractivity contribution in [3.8, 4) is 0 Å². The molecule has 0 amide bonds. The first-order valence-corrected chi connectivity index (χ1v) is 6.41. The van der Waals surface area contributed by atoms with Gasteiger partial charge in [0, 0.05) is 6.54 Å². The number of carboxylic acid groups (broad SMARTS) is 1. The van der Waals surface area contributed by atoms with Crippen molar-refractivity contribution in [3.63, 3.8) is 0 Å². The smallest absolute Gasteiger partial charge is 0.338 e. The number of nitrogens with zero attached hydrogens (tertiary/aromatic N) is 1. The van der Waals surface area contributed by atoms with Crippen LogP contribution in [0.15, 0.2) is 18.2 Å². The monoisotopic (exact) mass is 251 g/mol. The average Bonchev–Trinajstić information content (AvgIpc) is 2.57. The molecule has 1 aromatic carbocycles. The van der Waals surface area contributed by atoms with E-state index in [1.54, 1.807) is 6.07 Å². The average molecular weight is 251 g/mol. The third-order valence-electron chi connectivity index (χ3n) is 3.37. The third kappa shape index (κ3) is 3.29. The first-order chi connectivity index (χ1) is 8.66. The minimum Gasteiger partial charge on any atom is -0.478 e. The molecule has 1 saturated heterocycles. The minimum absolute atomic E-state index is 0.255. The van der Waals surface area contributed by atoms with Gasteiger partial charge in [-0.2, -0.15) is 0 Å². The van der Waals surface area contributed by atoms with Gasteiger partial charge in [0.2, 0.25) is 0 Å². The van der Waals surface area contributed by atoms with Crippen LogP contribution in [0.4, 0.5) is 4.39 Å². The molecule has 0 radical (unpaired) electrons. The third-order valence-corrected chi connectivity index (χ3v) is 3.37. The summed E-state index contributed by atoms with van der Waals surface area (Å²) in [5.41, 5.74) is 0.592. The normalized spacial score (nSPS) is 17.4. The molecular formula is C14H18FNO2. The summed E-state index contributed by atoms with van der Waals surface area (Å²) in [5.74, 6) is -1.86. The van der Waals surface area contributed by atoms with Gasteiger partial charge in [0.1, 0.15) is 5.82 Å². The van der Waals surface area contributed by atoms with Crippen LogP contribution in [0.25, 0.3) is 0 Å². The van der Waals surface area contributed by atoms with Crippen molar-refractivity contribution in [2.75, 3.05) is 13.1 Å². The van der Waals surface area contributed by atoms with E-state index in [9.17, 15) is 9.18 Å². The van der Waals surface area contributed by atoms with Gasteiger partial charge in [0.25, 0.3) is 0 Å². The maximum atomic E-state index is 13.5. The lowest BCUT2D eigenvalue weighted by Crippen LogP contribution is -2.24. The van der Waals surface area contributed by atoms with Crippen LogP contribution in [0.3, 0.4) is 0 Å². The highest BCUT2D eigenvalue weighted by atomic mass is 19.1. The predicted octanol–water partition coefficient (Wildman–Crippen LogP) is 2.90. The topological polar surface area (TPSA) is 40.5 Å². The first-order valence-electron chi connectivity index (χ1n) is 6.41. The number of hydrogen-bond donors (Lipinski definition) is 1. The van der Waals surface area contributed by atoms with E-state index in [0.29, 0.717) is 6.54 Å². The molecule has 0 saturated carbocycles. The molecule has 0 aliphatic carbocycles. The Morgan fingerprint density at radius 2 is 1.89 bits per heavy atom. The summed E-state index contributed by atoms with van der Waals surface area (Å²) in [6.07, 6.45) is 4.91. The van der Waals surface area contributed by atoms with Crippen molar-refractivity contribution in [1.82, 2.24) is 4.90 Å². The van der Waals surface area contributed by atoms with E-state index in [-0.39, 0.29) is 5.56 Å². The van der Waals surface area contributed by atoms with Gasteiger partial charge < -0.3 is 5.11 Å². The molecule has 1 N–H and O–H groups in total. The number of likely N-dealkylation sites (tertiary alicyclic amines) is 1. The maximum Gasteiger partial charge on any atom is 0.338 e. The molecule has 0 unspecified atom stereocenters. The van der Waals surface area contributed by atoms with E-state index >= 15 is 0 Å². The van der Waals surface area contributed by atoms with Crippen LogP contribution in [0.1, 0.15) is 41.6 Å². The molecule has 18 heavy (non-hydrogen) atoms. The van der Waals surface area contributed by atoms with Gasteiger partial charge in [-0.3, -0.25) is 4.90 Å². The standard InChI is InChI=1S/C14H18FNO2/c15-13-9-11(5-6-12(13)14(17)18)10-16-7-3-1-2-4-8-16/h5-6,9H,1-4,7-8,10H2,(H,17,18). The summed E-state index contributed by atoms with van der Waals surface area (Å²) in [7, 11) is 0. The summed E-state index contributed by atoms with van der Waals surface area (Å²) in [4.78, 5) is 13.0. The molecule has 1 aromatic rings. The summed E-state index contributed by atoms with van der Waals surface area (Å²) in [5, 5.41) is 8.76. The van der Waals surface area contributed by atoms with Crippen LogP contribution in [0.5, 0.6) is 0 Å². The fraction of sp³-hybridized carbons (Fsp3) is 0.500. The lowest BCUT2D eigenvalue weighted by molar-refractivity contribution is 0.0692. The fourth-order valence-corrected chi connectivity index (χ4v) is 2.38. The number of rotatable bonds is 3. The molecule has 0 spiro atoms. The number of benzene rings is 1. The molecule has 0 bridgehead atoms. The van der Waals surface area contributed by atoms with E-state index in [1.807, 2.05) is 0 Å². The van der Waals surface area contributed by atoms with Crippen LogP contribution in [0.2, 0.25) is 0 Å². The molecule has 0 atom stereocenters. The lowest BCUT2D eigenvalue weighted by atomic mass is 10.1. The van der Waals surface area contributed by atoms with E-state index in [0.717, 1.165) is 18.7 Å². The zero-order valence-corrected chi connectivity index (χ0v) is 10.4. The highest BCUT2D eigenvalue weighted by Crippen LogP contribution is 2.15. The zero-order valence-electron chi connectivity index (χ0n) is 10.4. The molecule has 3 nitrogen and oxygen atoms in total. The Morgan fingerprint density at radius 3 is 2.44 bits per heavy atom. The Morgan fingerprint density at radius 1 is 1.22 bits per heavy atom. The van der Waals surface area contributed by atoms with E-state index in [1.165, 1.54) is 37.8 Å². The van der Waals surface area contributed by atoms with Gasteiger partial charge in [0.05, 0.1) is 5.56 Å². The van der Waals surface area contributed by atoms with Crippen molar-refractivity contribution in [1.29, 1.82) is 0 Å². The molecule has 0 aromatic heterocycles. The van der Waals surface area contributed by atoms with Gasteiger partial charge in [0.15, 0.2) is 0 Å². The van der Waals surface area contributed by atoms with Gasteiger partial charge in [-0.25, -0.2) is 9.18 Å². The molecular weight excluding hydrogens is 233 g/mol. The molecule has 1 heterocycles. The molecule has 2 rings (SSSR count). The fourth-order valence-electron chi connectivity index (χ4n) is 2.38. The van der Waals surface area contributed by atoms with Crippen LogP contribution in [0, 0.1) is 5.82 Å². The van der Waals surface area contributed by atoms with Crippen LogP contribution in [-0.2, 0) is 6.54 Å². The Labute approximate surface area is 106 Å². The summed E-state index contributed by atoms with van der Waals surface area (Å²) >= 11 is 0. The molecule has 98 valence electrons. The number of aromatic carboxylic acids is 1. The zero-order chi connectivity index (χ0) is 13.0. The summed E-state index contributed by atoms with van der Waals surface area (Å²) < 4.78 is 13.5. The number of hydrogen-bond acceptors (Lipinski definition) is 2. The second kappa shape index (κ2) is 5.96. The largest absolute Gasteiger partial charge is 0.478 e.